The maximum atomic E-state index is 13.1. The minimum atomic E-state index is -1.49. The lowest BCUT2D eigenvalue weighted by molar-refractivity contribution is -0.141. The van der Waals surface area contributed by atoms with Crippen LogP contribution >= 0.6 is 0 Å². The first-order chi connectivity index (χ1) is 20.5. The van der Waals surface area contributed by atoms with Crippen molar-refractivity contribution in [3.63, 3.8) is 0 Å². The van der Waals surface area contributed by atoms with Crippen molar-refractivity contribution in [3.8, 4) is 0 Å². The first kappa shape index (κ1) is 28.3. The molecule has 0 saturated carbocycles. The maximum Gasteiger partial charge on any atom is 0.340 e. The number of rotatable bonds is 9. The van der Waals surface area contributed by atoms with Gasteiger partial charge in [-0.15, -0.1) is 0 Å². The Labute approximate surface area is 241 Å². The molecule has 0 amide bonds. The quantitative estimate of drug-likeness (QED) is 0.207. The number of ether oxygens (including phenoxy) is 5. The van der Waals surface area contributed by atoms with Crippen LogP contribution in [0.2, 0.25) is 0 Å². The van der Waals surface area contributed by atoms with E-state index in [0.29, 0.717) is 5.56 Å². The van der Waals surface area contributed by atoms with Crippen LogP contribution in [0.3, 0.4) is 0 Å². The van der Waals surface area contributed by atoms with Gasteiger partial charge in [-0.3, -0.25) is 0 Å². The van der Waals surface area contributed by atoms with Gasteiger partial charge in [-0.25, -0.2) is 19.2 Å². The van der Waals surface area contributed by atoms with Crippen LogP contribution in [0, 0.1) is 0 Å². The van der Waals surface area contributed by atoms with E-state index in [1.54, 1.807) is 121 Å². The molecule has 0 bridgehead atoms. The smallest absolute Gasteiger partial charge is 0.340 e. The van der Waals surface area contributed by atoms with E-state index >= 15 is 0 Å². The molecule has 4 aromatic rings. The molecule has 42 heavy (non-hydrogen) atoms. The van der Waals surface area contributed by atoms with Crippen LogP contribution in [-0.2, 0) is 23.7 Å². The third kappa shape index (κ3) is 6.89. The number of carbonyl (C=O) groups is 4. The molecule has 0 unspecified atom stereocenters. The number of hydrogen-bond donors (Lipinski definition) is 0. The number of carbonyl (C=O) groups excluding carboxylic acids is 4. The summed E-state index contributed by atoms with van der Waals surface area (Å²) in [6.07, 6.45) is -5.33. The van der Waals surface area contributed by atoms with Crippen LogP contribution < -0.4 is 0 Å². The van der Waals surface area contributed by atoms with Gasteiger partial charge in [0.1, 0.15) is 12.7 Å². The average Bonchev–Trinajstić information content (AvgIpc) is 3.35. The Morgan fingerprint density at radius 3 is 1.26 bits per heavy atom. The Bertz CT molecular complexity index is 1510. The highest BCUT2D eigenvalue weighted by molar-refractivity contribution is 5.91. The summed E-state index contributed by atoms with van der Waals surface area (Å²) in [5, 5.41) is 0. The largest absolute Gasteiger partial charge is 0.459 e. The van der Waals surface area contributed by atoms with Gasteiger partial charge in [-0.05, 0) is 48.5 Å². The Kier molecular flexibility index (Phi) is 9.00. The molecular weight excluding hydrogens is 540 g/mol. The van der Waals surface area contributed by atoms with E-state index in [9.17, 15) is 19.2 Å². The molecule has 9 heteroatoms. The maximum absolute atomic E-state index is 13.1. The van der Waals surface area contributed by atoms with E-state index in [2.05, 4.69) is 0 Å². The van der Waals surface area contributed by atoms with Crippen molar-refractivity contribution in [2.75, 3.05) is 6.61 Å². The monoisotopic (exact) mass is 566 g/mol. The summed E-state index contributed by atoms with van der Waals surface area (Å²) in [6.45, 7) is -0.390. The normalized spacial score (nSPS) is 19.3. The summed E-state index contributed by atoms with van der Waals surface area (Å²) >= 11 is 0. The zero-order valence-electron chi connectivity index (χ0n) is 22.2. The van der Waals surface area contributed by atoms with Crippen molar-refractivity contribution in [1.82, 2.24) is 0 Å². The van der Waals surface area contributed by atoms with E-state index in [1.807, 2.05) is 0 Å². The van der Waals surface area contributed by atoms with Gasteiger partial charge in [0.05, 0.1) is 22.3 Å². The van der Waals surface area contributed by atoms with Gasteiger partial charge in [0.2, 0.25) is 12.4 Å². The highest BCUT2D eigenvalue weighted by atomic mass is 16.8. The molecule has 1 aliphatic heterocycles. The molecule has 212 valence electrons. The summed E-state index contributed by atoms with van der Waals surface area (Å²) in [5.74, 6) is -2.89. The molecule has 0 radical (unpaired) electrons. The first-order valence-corrected chi connectivity index (χ1v) is 13.2. The second-order valence-electron chi connectivity index (χ2n) is 9.25. The van der Waals surface area contributed by atoms with Gasteiger partial charge < -0.3 is 23.7 Å². The summed E-state index contributed by atoms with van der Waals surface area (Å²) in [6, 6.07) is 32.8. The van der Waals surface area contributed by atoms with Crippen LogP contribution in [-0.4, -0.2) is 55.1 Å². The topological polar surface area (TPSA) is 114 Å². The van der Waals surface area contributed by atoms with Crippen molar-refractivity contribution < 1.29 is 42.9 Å². The predicted octanol–water partition coefficient (Wildman–Crippen LogP) is 4.88. The summed E-state index contributed by atoms with van der Waals surface area (Å²) in [7, 11) is 0. The summed E-state index contributed by atoms with van der Waals surface area (Å²) in [4.78, 5) is 51.9. The van der Waals surface area contributed by atoms with Crippen molar-refractivity contribution in [1.29, 1.82) is 0 Å². The Balaban J connectivity index is 1.43. The second-order valence-corrected chi connectivity index (χ2v) is 9.25. The minimum absolute atomic E-state index is 0.220. The number of benzene rings is 4. The molecule has 0 aromatic heterocycles. The summed E-state index contributed by atoms with van der Waals surface area (Å²) < 4.78 is 28.6. The molecule has 0 aliphatic carbocycles. The highest BCUT2D eigenvalue weighted by Crippen LogP contribution is 2.30. The van der Waals surface area contributed by atoms with Gasteiger partial charge in [0.25, 0.3) is 0 Å². The van der Waals surface area contributed by atoms with Crippen molar-refractivity contribution in [2.24, 2.45) is 0 Å². The molecule has 9 nitrogen and oxygen atoms in total. The zero-order valence-corrected chi connectivity index (χ0v) is 22.2. The van der Waals surface area contributed by atoms with E-state index in [-0.39, 0.29) is 23.3 Å². The van der Waals surface area contributed by atoms with E-state index in [4.69, 9.17) is 23.7 Å². The van der Waals surface area contributed by atoms with Crippen molar-refractivity contribution in [2.45, 2.75) is 24.6 Å². The van der Waals surface area contributed by atoms with E-state index in [0.717, 1.165) is 0 Å². The zero-order chi connectivity index (χ0) is 29.3. The average molecular weight is 567 g/mol. The fraction of sp³-hybridized carbons (Fsp3) is 0.152. The molecule has 0 N–H and O–H groups in total. The number of hydrogen-bond acceptors (Lipinski definition) is 9. The van der Waals surface area contributed by atoms with Gasteiger partial charge in [-0.1, -0.05) is 72.8 Å². The minimum Gasteiger partial charge on any atom is -0.459 e. The van der Waals surface area contributed by atoms with Gasteiger partial charge in [-0.2, -0.15) is 0 Å². The fourth-order valence-corrected chi connectivity index (χ4v) is 4.28. The number of esters is 4. The van der Waals surface area contributed by atoms with Crippen LogP contribution in [0.25, 0.3) is 0 Å². The molecule has 1 saturated heterocycles. The lowest BCUT2D eigenvalue weighted by atomic mass is 10.1. The molecule has 0 spiro atoms. The van der Waals surface area contributed by atoms with Gasteiger partial charge >= 0.3 is 23.9 Å². The van der Waals surface area contributed by atoms with Crippen molar-refractivity contribution in [3.05, 3.63) is 144 Å². The Hall–Kier alpha value is -5.28. The second kappa shape index (κ2) is 13.4. The molecule has 1 aliphatic rings. The highest BCUT2D eigenvalue weighted by Gasteiger charge is 2.52. The third-order valence-electron chi connectivity index (χ3n) is 6.39. The van der Waals surface area contributed by atoms with E-state index in [1.165, 1.54) is 0 Å². The molecule has 1 fully saturated rings. The van der Waals surface area contributed by atoms with Gasteiger partial charge in [0.15, 0.2) is 6.10 Å². The standard InChI is InChI=1S/C33H26O9/c34-29(22-13-5-1-6-14-22)38-21-26-27(40-30(35)23-15-7-2-8-16-23)28(41-31(36)24-17-9-3-10-18-24)33(39-26)42-32(37)25-19-11-4-12-20-25/h1-20,26-28,33H,21H2/t26-,27-,28+,33+/m1/s1. The first-order valence-electron chi connectivity index (χ1n) is 13.2. The van der Waals surface area contributed by atoms with E-state index < -0.39 is 48.5 Å². The predicted molar refractivity (Wildman–Crippen MR) is 149 cm³/mol. The molecule has 5 rings (SSSR count). The lowest BCUT2D eigenvalue weighted by Crippen LogP contribution is -2.42. The fourth-order valence-electron chi connectivity index (χ4n) is 4.28. The molecular formula is C33H26O9. The van der Waals surface area contributed by atoms with Crippen LogP contribution in [0.15, 0.2) is 121 Å². The molecule has 4 atom stereocenters. The SMILES string of the molecule is O=C(OC[C@H]1O[C@@H](OC(=O)c2ccccc2)[C@@H](OC(=O)c2ccccc2)[C@@H]1OC(=O)c1ccccc1)c1ccccc1. The third-order valence-corrected chi connectivity index (χ3v) is 6.39. The van der Waals surface area contributed by atoms with Crippen LogP contribution in [0.4, 0.5) is 0 Å². The Morgan fingerprint density at radius 1 is 0.476 bits per heavy atom. The van der Waals surface area contributed by atoms with Crippen molar-refractivity contribution >= 4 is 23.9 Å². The Morgan fingerprint density at radius 2 is 0.833 bits per heavy atom. The van der Waals surface area contributed by atoms with Gasteiger partial charge in [0, 0.05) is 0 Å². The molecule has 4 aromatic carbocycles. The van der Waals surface area contributed by atoms with Crippen LogP contribution in [0.5, 0.6) is 0 Å². The lowest BCUT2D eigenvalue weighted by Gasteiger charge is -2.24. The van der Waals surface area contributed by atoms with Crippen LogP contribution in [0.1, 0.15) is 41.4 Å². The summed E-state index contributed by atoms with van der Waals surface area (Å²) in [5.41, 5.74) is 0.978. The molecule has 1 heterocycles.